The van der Waals surface area contributed by atoms with Crippen molar-refractivity contribution in [3.63, 3.8) is 0 Å². The van der Waals surface area contributed by atoms with E-state index in [-0.39, 0.29) is 22.7 Å². The number of thioether (sulfide) groups is 1. The van der Waals surface area contributed by atoms with Crippen LogP contribution in [0.1, 0.15) is 76.6 Å². The maximum atomic E-state index is 12.3. The molecule has 1 N–H and O–H groups in total. The Hall–Kier alpha value is -1.57. The van der Waals surface area contributed by atoms with E-state index in [1.807, 2.05) is 4.90 Å². The molecule has 2 aliphatic heterocycles. The number of aromatic nitrogens is 2. The molecular formula is C17H24N4O3S. The largest absolute Gasteiger partial charge is 0.343 e. The molecule has 1 aromatic rings. The molecule has 2 amide bonds. The second-order valence-electron chi connectivity index (χ2n) is 7.55. The molecule has 0 spiro atoms. The van der Waals surface area contributed by atoms with Crippen molar-refractivity contribution in [1.29, 1.82) is 0 Å². The van der Waals surface area contributed by atoms with E-state index in [4.69, 9.17) is 4.52 Å². The first-order valence-corrected chi connectivity index (χ1v) is 10.0. The summed E-state index contributed by atoms with van der Waals surface area (Å²) < 4.78 is 5.59. The monoisotopic (exact) mass is 364 g/mol. The fourth-order valence-corrected chi connectivity index (χ4v) is 5.89. The van der Waals surface area contributed by atoms with E-state index in [2.05, 4.69) is 22.4 Å². The SMILES string of the molecule is CC(=O)NC1(c2noc([C@@H]3CS[C@@]4(C)CCC(=O)N34)n2)CCCCC1. The molecule has 0 aromatic carbocycles. The van der Waals surface area contributed by atoms with Gasteiger partial charge in [0.1, 0.15) is 11.6 Å². The zero-order chi connectivity index (χ0) is 17.7. The maximum Gasteiger partial charge on any atom is 0.250 e. The van der Waals surface area contributed by atoms with Crippen LogP contribution in [0.15, 0.2) is 4.52 Å². The molecule has 1 aromatic heterocycles. The van der Waals surface area contributed by atoms with Crippen molar-refractivity contribution < 1.29 is 14.1 Å². The molecule has 1 saturated carbocycles. The Bertz CT molecular complexity index is 700. The molecule has 136 valence electrons. The van der Waals surface area contributed by atoms with Gasteiger partial charge in [-0.05, 0) is 26.2 Å². The van der Waals surface area contributed by atoms with Gasteiger partial charge in [-0.2, -0.15) is 4.98 Å². The number of hydrogen-bond acceptors (Lipinski definition) is 6. The van der Waals surface area contributed by atoms with Crippen molar-refractivity contribution in [3.05, 3.63) is 11.7 Å². The van der Waals surface area contributed by atoms with Crippen LogP contribution < -0.4 is 5.32 Å². The molecule has 3 aliphatic rings. The Morgan fingerprint density at radius 3 is 2.80 bits per heavy atom. The van der Waals surface area contributed by atoms with Crippen LogP contribution in [0.2, 0.25) is 0 Å². The van der Waals surface area contributed by atoms with Crippen LogP contribution in [0.25, 0.3) is 0 Å². The quantitative estimate of drug-likeness (QED) is 0.886. The molecule has 7 nitrogen and oxygen atoms in total. The smallest absolute Gasteiger partial charge is 0.250 e. The first-order chi connectivity index (χ1) is 11.9. The molecule has 0 unspecified atom stereocenters. The summed E-state index contributed by atoms with van der Waals surface area (Å²) in [6.45, 7) is 3.64. The van der Waals surface area contributed by atoms with Gasteiger partial charge >= 0.3 is 0 Å². The normalized spacial score (nSPS) is 31.2. The third kappa shape index (κ3) is 2.74. The van der Waals surface area contributed by atoms with Gasteiger partial charge in [0.2, 0.25) is 17.7 Å². The third-order valence-corrected chi connectivity index (χ3v) is 7.23. The number of carbonyl (C=O) groups excluding carboxylic acids is 2. The average Bonchev–Trinajstić information content (AvgIpc) is 3.24. The minimum Gasteiger partial charge on any atom is -0.343 e. The number of nitrogens with one attached hydrogen (secondary N) is 1. The van der Waals surface area contributed by atoms with E-state index >= 15 is 0 Å². The third-order valence-electron chi connectivity index (χ3n) is 5.72. The summed E-state index contributed by atoms with van der Waals surface area (Å²) in [6.07, 6.45) is 6.32. The molecule has 25 heavy (non-hydrogen) atoms. The fraction of sp³-hybridized carbons (Fsp3) is 0.765. The minimum absolute atomic E-state index is 0.0769. The van der Waals surface area contributed by atoms with Crippen LogP contribution in [-0.4, -0.2) is 37.5 Å². The van der Waals surface area contributed by atoms with E-state index < -0.39 is 5.54 Å². The molecule has 8 heteroatoms. The molecule has 1 aliphatic carbocycles. The topological polar surface area (TPSA) is 88.3 Å². The Labute approximate surface area is 151 Å². The van der Waals surface area contributed by atoms with Gasteiger partial charge in [-0.15, -0.1) is 11.8 Å². The second kappa shape index (κ2) is 6.00. The molecular weight excluding hydrogens is 340 g/mol. The zero-order valence-corrected chi connectivity index (χ0v) is 15.5. The molecule has 2 saturated heterocycles. The number of rotatable bonds is 3. The summed E-state index contributed by atoms with van der Waals surface area (Å²) in [7, 11) is 0. The lowest BCUT2D eigenvalue weighted by molar-refractivity contribution is -0.131. The number of nitrogens with zero attached hydrogens (tertiary/aromatic N) is 3. The van der Waals surface area contributed by atoms with E-state index in [1.165, 1.54) is 6.92 Å². The van der Waals surface area contributed by atoms with Crippen molar-refractivity contribution in [2.45, 2.75) is 75.2 Å². The van der Waals surface area contributed by atoms with Crippen molar-refractivity contribution in [2.75, 3.05) is 5.75 Å². The first kappa shape index (κ1) is 16.9. The molecule has 2 atom stereocenters. The summed E-state index contributed by atoms with van der Waals surface area (Å²) in [5.74, 6) is 1.91. The summed E-state index contributed by atoms with van der Waals surface area (Å²) in [6, 6.07) is -0.163. The second-order valence-corrected chi connectivity index (χ2v) is 9.05. The maximum absolute atomic E-state index is 12.3. The summed E-state index contributed by atoms with van der Waals surface area (Å²) >= 11 is 1.78. The zero-order valence-electron chi connectivity index (χ0n) is 14.7. The lowest BCUT2D eigenvalue weighted by Crippen LogP contribution is -2.47. The van der Waals surface area contributed by atoms with Gasteiger partial charge in [0, 0.05) is 19.1 Å². The Kier molecular flexibility index (Phi) is 4.05. The Morgan fingerprint density at radius 1 is 1.32 bits per heavy atom. The highest BCUT2D eigenvalue weighted by Crippen LogP contribution is 2.52. The Morgan fingerprint density at radius 2 is 2.08 bits per heavy atom. The van der Waals surface area contributed by atoms with Crippen molar-refractivity contribution in [2.24, 2.45) is 0 Å². The van der Waals surface area contributed by atoms with E-state index in [0.29, 0.717) is 18.1 Å². The van der Waals surface area contributed by atoms with Gasteiger partial charge in [0.15, 0.2) is 5.82 Å². The van der Waals surface area contributed by atoms with E-state index in [1.54, 1.807) is 11.8 Å². The number of amides is 2. The van der Waals surface area contributed by atoms with Crippen LogP contribution in [-0.2, 0) is 15.1 Å². The summed E-state index contributed by atoms with van der Waals surface area (Å²) in [5, 5.41) is 7.29. The van der Waals surface area contributed by atoms with Crippen LogP contribution >= 0.6 is 11.8 Å². The van der Waals surface area contributed by atoms with Gasteiger partial charge in [0.25, 0.3) is 0 Å². The van der Waals surface area contributed by atoms with Crippen molar-refractivity contribution in [3.8, 4) is 0 Å². The summed E-state index contributed by atoms with van der Waals surface area (Å²) in [4.78, 5) is 30.5. The average molecular weight is 364 g/mol. The van der Waals surface area contributed by atoms with Crippen LogP contribution in [0, 0.1) is 0 Å². The highest BCUT2D eigenvalue weighted by Gasteiger charge is 2.53. The number of fused-ring (bicyclic) bond motifs is 1. The lowest BCUT2D eigenvalue weighted by atomic mass is 9.81. The molecule has 0 bridgehead atoms. The van der Waals surface area contributed by atoms with E-state index in [0.717, 1.165) is 44.3 Å². The molecule has 3 fully saturated rings. The van der Waals surface area contributed by atoms with Gasteiger partial charge in [-0.1, -0.05) is 24.4 Å². The van der Waals surface area contributed by atoms with Crippen LogP contribution in [0.3, 0.4) is 0 Å². The predicted octanol–water partition coefficient (Wildman–Crippen LogP) is 2.49. The highest BCUT2D eigenvalue weighted by atomic mass is 32.2. The van der Waals surface area contributed by atoms with Crippen LogP contribution in [0.4, 0.5) is 0 Å². The van der Waals surface area contributed by atoms with Crippen molar-refractivity contribution >= 4 is 23.6 Å². The molecule has 4 rings (SSSR count). The highest BCUT2D eigenvalue weighted by molar-refractivity contribution is 8.00. The van der Waals surface area contributed by atoms with E-state index in [9.17, 15) is 9.59 Å². The van der Waals surface area contributed by atoms with Gasteiger partial charge in [-0.25, -0.2) is 0 Å². The standard InChI is InChI=1S/C17H24N4O3S/c1-11(22)19-17(7-4-3-5-8-17)15-18-14(24-20-15)12-10-25-16(2)9-6-13(23)21(12)16/h12H,3-10H2,1-2H3,(H,19,22)/t12-,16-/m0/s1. The Balaban J connectivity index is 1.63. The molecule has 3 heterocycles. The minimum atomic E-state index is -0.532. The lowest BCUT2D eigenvalue weighted by Gasteiger charge is -2.34. The molecule has 0 radical (unpaired) electrons. The predicted molar refractivity (Wildman–Crippen MR) is 92.6 cm³/mol. The van der Waals surface area contributed by atoms with Gasteiger partial charge in [0.05, 0.1) is 4.87 Å². The first-order valence-electron chi connectivity index (χ1n) is 9.03. The van der Waals surface area contributed by atoms with Crippen molar-refractivity contribution in [1.82, 2.24) is 20.4 Å². The summed E-state index contributed by atoms with van der Waals surface area (Å²) in [5.41, 5.74) is -0.532. The van der Waals surface area contributed by atoms with Crippen LogP contribution in [0.5, 0.6) is 0 Å². The fourth-order valence-electron chi connectivity index (χ4n) is 4.47. The van der Waals surface area contributed by atoms with Gasteiger partial charge < -0.3 is 14.7 Å². The number of carbonyl (C=O) groups is 2. The van der Waals surface area contributed by atoms with Gasteiger partial charge in [-0.3, -0.25) is 9.59 Å². The number of hydrogen-bond donors (Lipinski definition) is 1.